The fraction of sp³-hybridized carbons (Fsp3) is 0.158. The Morgan fingerprint density at radius 1 is 1.20 bits per heavy atom. The summed E-state index contributed by atoms with van der Waals surface area (Å²) in [5, 5.41) is 6.23. The summed E-state index contributed by atoms with van der Waals surface area (Å²) in [5.74, 6) is -0.874. The summed E-state index contributed by atoms with van der Waals surface area (Å²) < 4.78 is 51.5. The molecule has 0 aliphatic rings. The highest BCUT2D eigenvalue weighted by Gasteiger charge is 2.36. The van der Waals surface area contributed by atoms with Crippen LogP contribution in [0.1, 0.15) is 23.2 Å². The molecule has 0 aliphatic heterocycles. The number of halogens is 3. The summed E-state index contributed by atoms with van der Waals surface area (Å²) in [6.45, 7) is 2.33. The van der Waals surface area contributed by atoms with Gasteiger partial charge in [-0.1, -0.05) is 0 Å². The quantitative estimate of drug-likeness (QED) is 0.526. The number of carbonyl (C=O) groups excluding carboxylic acids is 1. The van der Waals surface area contributed by atoms with Crippen molar-refractivity contribution in [3.8, 4) is 17.2 Å². The van der Waals surface area contributed by atoms with Crippen molar-refractivity contribution in [3.05, 3.63) is 60.2 Å². The maximum Gasteiger partial charge on any atom is 0.433 e. The van der Waals surface area contributed by atoms with Crippen LogP contribution in [-0.2, 0) is 6.18 Å². The molecule has 3 aromatic heterocycles. The van der Waals surface area contributed by atoms with Gasteiger partial charge < -0.3 is 14.5 Å². The molecule has 30 heavy (non-hydrogen) atoms. The first-order valence-corrected chi connectivity index (χ1v) is 8.78. The van der Waals surface area contributed by atoms with E-state index in [2.05, 4.69) is 20.4 Å². The molecular weight excluding hydrogens is 403 g/mol. The predicted octanol–water partition coefficient (Wildman–Crippen LogP) is 4.05. The first-order valence-electron chi connectivity index (χ1n) is 8.78. The highest BCUT2D eigenvalue weighted by atomic mass is 19.4. The number of benzene rings is 1. The van der Waals surface area contributed by atoms with Gasteiger partial charge in [-0.15, -0.1) is 5.10 Å². The van der Waals surface area contributed by atoms with Crippen molar-refractivity contribution in [2.24, 2.45) is 0 Å². The molecule has 11 heteroatoms. The molecule has 8 nitrogen and oxygen atoms in total. The number of carbonyl (C=O) groups is 1. The van der Waals surface area contributed by atoms with Crippen LogP contribution in [0.15, 0.2) is 53.1 Å². The fourth-order valence-electron chi connectivity index (χ4n) is 2.71. The van der Waals surface area contributed by atoms with Crippen LogP contribution in [0.3, 0.4) is 0 Å². The summed E-state index contributed by atoms with van der Waals surface area (Å²) in [6.07, 6.45) is -3.44. The van der Waals surface area contributed by atoms with Crippen molar-refractivity contribution in [1.29, 1.82) is 0 Å². The van der Waals surface area contributed by atoms with Gasteiger partial charge in [0, 0.05) is 5.69 Å². The summed E-state index contributed by atoms with van der Waals surface area (Å²) in [4.78, 5) is 20.4. The van der Waals surface area contributed by atoms with Gasteiger partial charge in [-0.3, -0.25) is 4.79 Å². The Bertz CT molecular complexity index is 1180. The summed E-state index contributed by atoms with van der Waals surface area (Å²) in [7, 11) is 0. The van der Waals surface area contributed by atoms with E-state index in [1.54, 1.807) is 24.3 Å². The number of aromatic nitrogens is 4. The number of amides is 1. The van der Waals surface area contributed by atoms with Crippen molar-refractivity contribution in [3.63, 3.8) is 0 Å². The number of fused-ring (bicyclic) bond motifs is 1. The molecule has 0 bridgehead atoms. The van der Waals surface area contributed by atoms with Crippen molar-refractivity contribution in [2.75, 3.05) is 11.9 Å². The van der Waals surface area contributed by atoms with Gasteiger partial charge in [-0.25, -0.2) is 4.98 Å². The maximum absolute atomic E-state index is 13.5. The SMILES string of the molecule is CCOc1ccc(NC(=O)c2nc3nc(-c4ccco4)cc(C(F)(F)F)n3n2)cc1. The minimum atomic E-state index is -4.75. The smallest absolute Gasteiger partial charge is 0.433 e. The zero-order valence-electron chi connectivity index (χ0n) is 15.5. The second-order valence-electron chi connectivity index (χ2n) is 6.06. The number of hydrogen-bond donors (Lipinski definition) is 1. The predicted molar refractivity (Wildman–Crippen MR) is 99.1 cm³/mol. The lowest BCUT2D eigenvalue weighted by atomic mass is 10.2. The van der Waals surface area contributed by atoms with Gasteiger partial charge >= 0.3 is 6.18 Å². The van der Waals surface area contributed by atoms with Crippen molar-refractivity contribution >= 4 is 17.4 Å². The van der Waals surface area contributed by atoms with E-state index in [4.69, 9.17) is 9.15 Å². The van der Waals surface area contributed by atoms with Crippen LogP contribution in [0.25, 0.3) is 17.2 Å². The molecule has 1 N–H and O–H groups in total. The molecule has 1 aromatic carbocycles. The molecule has 154 valence electrons. The molecule has 0 atom stereocenters. The van der Waals surface area contributed by atoms with Gasteiger partial charge in [0.05, 0.1) is 12.9 Å². The average Bonchev–Trinajstić information content (AvgIpc) is 3.38. The summed E-state index contributed by atoms with van der Waals surface area (Å²) >= 11 is 0. The Morgan fingerprint density at radius 2 is 1.97 bits per heavy atom. The number of alkyl halides is 3. The molecule has 0 aliphatic carbocycles. The number of anilines is 1. The third kappa shape index (κ3) is 3.81. The molecule has 0 saturated carbocycles. The highest BCUT2D eigenvalue weighted by molar-refractivity contribution is 6.01. The van der Waals surface area contributed by atoms with Crippen LogP contribution in [0, 0.1) is 0 Å². The molecule has 3 heterocycles. The van der Waals surface area contributed by atoms with Crippen LogP contribution in [0.4, 0.5) is 18.9 Å². The molecule has 4 rings (SSSR count). The Balaban J connectivity index is 1.69. The second-order valence-corrected chi connectivity index (χ2v) is 6.06. The molecule has 0 saturated heterocycles. The van der Waals surface area contributed by atoms with E-state index in [0.717, 1.165) is 6.07 Å². The lowest BCUT2D eigenvalue weighted by Crippen LogP contribution is -2.16. The second kappa shape index (κ2) is 7.50. The third-order valence-corrected chi connectivity index (χ3v) is 4.00. The van der Waals surface area contributed by atoms with Crippen LogP contribution in [0.5, 0.6) is 5.75 Å². The van der Waals surface area contributed by atoms with Gasteiger partial charge in [0.2, 0.25) is 5.82 Å². The van der Waals surface area contributed by atoms with Crippen LogP contribution in [0.2, 0.25) is 0 Å². The Hall–Kier alpha value is -3.89. The van der Waals surface area contributed by atoms with E-state index >= 15 is 0 Å². The van der Waals surface area contributed by atoms with E-state index in [1.807, 2.05) is 6.92 Å². The topological polar surface area (TPSA) is 94.5 Å². The molecule has 0 fully saturated rings. The number of hydrogen-bond acceptors (Lipinski definition) is 6. The van der Waals surface area contributed by atoms with Gasteiger partial charge in [0.25, 0.3) is 11.7 Å². The lowest BCUT2D eigenvalue weighted by Gasteiger charge is -2.09. The van der Waals surface area contributed by atoms with E-state index in [9.17, 15) is 18.0 Å². The fourth-order valence-corrected chi connectivity index (χ4v) is 2.71. The average molecular weight is 417 g/mol. The van der Waals surface area contributed by atoms with Gasteiger partial charge in [0.1, 0.15) is 11.4 Å². The molecule has 0 spiro atoms. The molecule has 0 unspecified atom stereocenters. The molecule has 0 radical (unpaired) electrons. The van der Waals surface area contributed by atoms with Crippen molar-refractivity contribution in [1.82, 2.24) is 19.6 Å². The summed E-state index contributed by atoms with van der Waals surface area (Å²) in [5.41, 5.74) is -0.806. The van der Waals surface area contributed by atoms with Crippen molar-refractivity contribution in [2.45, 2.75) is 13.1 Å². The Kier molecular flexibility index (Phi) is 4.86. The molecular formula is C19H14F3N5O3. The number of nitrogens with one attached hydrogen (secondary N) is 1. The van der Waals surface area contributed by atoms with E-state index in [1.165, 1.54) is 18.4 Å². The minimum Gasteiger partial charge on any atom is -0.494 e. The molecule has 4 aromatic rings. The number of ether oxygens (including phenoxy) is 1. The monoisotopic (exact) mass is 417 g/mol. The normalized spacial score (nSPS) is 11.6. The number of rotatable bonds is 5. The number of nitrogens with zero attached hydrogens (tertiary/aromatic N) is 4. The first-order chi connectivity index (χ1) is 14.3. The van der Waals surface area contributed by atoms with E-state index < -0.39 is 23.6 Å². The van der Waals surface area contributed by atoms with Gasteiger partial charge in [-0.2, -0.15) is 22.7 Å². The number of furan rings is 1. The van der Waals surface area contributed by atoms with Gasteiger partial charge in [0.15, 0.2) is 11.5 Å². The third-order valence-electron chi connectivity index (χ3n) is 4.00. The largest absolute Gasteiger partial charge is 0.494 e. The Labute approximate surface area is 167 Å². The lowest BCUT2D eigenvalue weighted by molar-refractivity contribution is -0.142. The van der Waals surface area contributed by atoms with E-state index in [-0.39, 0.29) is 17.2 Å². The minimum absolute atomic E-state index is 0.0781. The Morgan fingerprint density at radius 3 is 2.60 bits per heavy atom. The first kappa shape index (κ1) is 19.4. The highest BCUT2D eigenvalue weighted by Crippen LogP contribution is 2.32. The molecule has 1 amide bonds. The van der Waals surface area contributed by atoms with E-state index in [0.29, 0.717) is 22.6 Å². The van der Waals surface area contributed by atoms with Crippen LogP contribution >= 0.6 is 0 Å². The van der Waals surface area contributed by atoms with Crippen LogP contribution in [-0.4, -0.2) is 32.1 Å². The standard InChI is InChI=1S/C19H14F3N5O3/c1-2-29-12-7-5-11(6-8-12)23-17(28)16-25-18-24-13(14-4-3-9-30-14)10-15(19(20,21)22)27(18)26-16/h3-10H,2H2,1H3,(H,23,28). The maximum atomic E-state index is 13.5. The zero-order valence-corrected chi connectivity index (χ0v) is 15.5. The van der Waals surface area contributed by atoms with Crippen LogP contribution < -0.4 is 10.1 Å². The van der Waals surface area contributed by atoms with Gasteiger partial charge in [-0.05, 0) is 49.4 Å². The summed E-state index contributed by atoms with van der Waals surface area (Å²) in [6, 6.07) is 10.3. The van der Waals surface area contributed by atoms with Crippen molar-refractivity contribution < 1.29 is 27.1 Å². The zero-order chi connectivity index (χ0) is 21.3.